The van der Waals surface area contributed by atoms with E-state index in [1.165, 1.54) is 48.0 Å². The standard InChI is InChI=1S/C19H22N2S.C18H20N2S.C3H4Cl2O2/c1-14(16-9-6-7-12-20-16)19-15-8-4-5-10-17(15)22-18(19)11-13-21(2)3;1-13(15-8-5-6-11-20-15)18-14-7-3-4-9-16(14)21-17(18)10-12-19-2;1-2(4)7-3(5)6/h4-10,12,14H,11,13H2,1-3H3;3-9,11,13,19H,10,12H2,1-2H3;2H,1H3/t14-;13-;/m00./s1. The lowest BCUT2D eigenvalue weighted by atomic mass is 9.93. The summed E-state index contributed by atoms with van der Waals surface area (Å²) in [5.41, 5.74) is 3.70. The molecular formula is C40H46Cl2N4O2S2. The summed E-state index contributed by atoms with van der Waals surface area (Å²) in [6.45, 7) is 8.13. The molecule has 0 radical (unpaired) electrons. The fourth-order valence-electron chi connectivity index (χ4n) is 5.80. The van der Waals surface area contributed by atoms with Crippen molar-refractivity contribution in [2.45, 2.75) is 51.0 Å². The second-order valence-electron chi connectivity index (χ2n) is 12.1. The Morgan fingerprint density at radius 1 is 0.760 bits per heavy atom. The number of ether oxygens (including phenoxy) is 1. The first-order valence-corrected chi connectivity index (χ1v) is 19.2. The van der Waals surface area contributed by atoms with Crippen molar-refractivity contribution in [3.05, 3.63) is 130 Å². The molecule has 6 aromatic rings. The average molecular weight is 750 g/mol. The quantitative estimate of drug-likeness (QED) is 0.105. The number of carbonyl (C=O) groups is 1. The highest BCUT2D eigenvalue weighted by molar-refractivity contribution is 7.19. The number of nitrogens with one attached hydrogen (secondary N) is 1. The molecule has 0 aliphatic rings. The first kappa shape index (κ1) is 39.4. The molecule has 0 bridgehead atoms. The van der Waals surface area contributed by atoms with Gasteiger partial charge in [0.15, 0.2) is 5.56 Å². The predicted molar refractivity (Wildman–Crippen MR) is 215 cm³/mol. The van der Waals surface area contributed by atoms with Crippen molar-refractivity contribution in [1.82, 2.24) is 20.2 Å². The number of hydrogen-bond donors (Lipinski definition) is 1. The minimum absolute atomic E-state index is 0.328. The normalized spacial score (nSPS) is 12.8. The number of nitrogens with zero attached hydrogens (tertiary/aromatic N) is 3. The van der Waals surface area contributed by atoms with Crippen molar-refractivity contribution in [2.24, 2.45) is 0 Å². The number of carbonyl (C=O) groups excluding carboxylic acids is 1. The minimum atomic E-state index is -0.873. The number of hydrogen-bond acceptors (Lipinski definition) is 8. The number of alkyl halides is 1. The van der Waals surface area contributed by atoms with Gasteiger partial charge < -0.3 is 15.0 Å². The van der Waals surface area contributed by atoms with Crippen LogP contribution in [0.15, 0.2) is 97.3 Å². The van der Waals surface area contributed by atoms with Crippen LogP contribution in [0.4, 0.5) is 4.79 Å². The van der Waals surface area contributed by atoms with Gasteiger partial charge in [0, 0.05) is 72.9 Å². The van der Waals surface area contributed by atoms with Crippen molar-refractivity contribution in [3.8, 4) is 0 Å². The Bertz CT molecular complexity index is 1910. The van der Waals surface area contributed by atoms with Gasteiger partial charge in [-0.2, -0.15) is 0 Å². The molecule has 2 aromatic carbocycles. The minimum Gasteiger partial charge on any atom is -0.434 e. The molecule has 0 saturated heterocycles. The van der Waals surface area contributed by atoms with E-state index in [0.717, 1.165) is 37.3 Å². The molecular weight excluding hydrogens is 704 g/mol. The zero-order valence-corrected chi connectivity index (χ0v) is 32.7. The molecule has 6 nitrogen and oxygen atoms in total. The number of pyridine rings is 2. The van der Waals surface area contributed by atoms with Gasteiger partial charge in [0.1, 0.15) is 0 Å². The van der Waals surface area contributed by atoms with Crippen LogP contribution >= 0.6 is 45.9 Å². The molecule has 0 aliphatic carbocycles. The van der Waals surface area contributed by atoms with E-state index in [-0.39, 0.29) is 0 Å². The van der Waals surface area contributed by atoms with Crippen molar-refractivity contribution < 1.29 is 9.53 Å². The highest BCUT2D eigenvalue weighted by Gasteiger charge is 2.21. The zero-order valence-electron chi connectivity index (χ0n) is 29.5. The van der Waals surface area contributed by atoms with Crippen LogP contribution in [0.1, 0.15) is 64.9 Å². The van der Waals surface area contributed by atoms with E-state index < -0.39 is 11.0 Å². The Hall–Kier alpha value is -3.37. The molecule has 264 valence electrons. The summed E-state index contributed by atoms with van der Waals surface area (Å²) in [6, 6.07) is 29.8. The summed E-state index contributed by atoms with van der Waals surface area (Å²) in [5.74, 6) is 0.656. The van der Waals surface area contributed by atoms with Gasteiger partial charge >= 0.3 is 5.43 Å². The fraction of sp³-hybridized carbons (Fsp3) is 0.325. The van der Waals surface area contributed by atoms with Crippen LogP contribution in [0, 0.1) is 0 Å². The van der Waals surface area contributed by atoms with E-state index in [1.807, 2.05) is 54.2 Å². The summed E-state index contributed by atoms with van der Waals surface area (Å²) < 4.78 is 6.90. The maximum absolute atomic E-state index is 9.71. The van der Waals surface area contributed by atoms with E-state index in [0.29, 0.717) is 11.8 Å². The lowest BCUT2D eigenvalue weighted by Gasteiger charge is -2.15. The van der Waals surface area contributed by atoms with Gasteiger partial charge in [-0.25, -0.2) is 4.79 Å². The average Bonchev–Trinajstić information content (AvgIpc) is 3.68. The van der Waals surface area contributed by atoms with E-state index in [9.17, 15) is 4.79 Å². The molecule has 0 spiro atoms. The van der Waals surface area contributed by atoms with Gasteiger partial charge in [-0.1, -0.05) is 74.0 Å². The number of likely N-dealkylation sites (N-methyl/N-ethyl adjacent to an activating group) is 2. The van der Waals surface area contributed by atoms with Crippen LogP contribution in [0.5, 0.6) is 0 Å². The van der Waals surface area contributed by atoms with Crippen LogP contribution in [0.2, 0.25) is 0 Å². The molecule has 10 heteroatoms. The summed E-state index contributed by atoms with van der Waals surface area (Å²) >= 11 is 13.7. The molecule has 0 amide bonds. The lowest BCUT2D eigenvalue weighted by Crippen LogP contribution is -2.15. The first-order chi connectivity index (χ1) is 24.1. The van der Waals surface area contributed by atoms with Crippen molar-refractivity contribution >= 4 is 71.5 Å². The fourth-order valence-corrected chi connectivity index (χ4v) is 8.66. The lowest BCUT2D eigenvalue weighted by molar-refractivity contribution is 0.166. The van der Waals surface area contributed by atoms with Crippen LogP contribution < -0.4 is 5.32 Å². The molecule has 6 rings (SSSR count). The van der Waals surface area contributed by atoms with E-state index in [4.69, 9.17) is 23.2 Å². The Morgan fingerprint density at radius 2 is 1.22 bits per heavy atom. The largest absolute Gasteiger partial charge is 0.434 e. The first-order valence-electron chi connectivity index (χ1n) is 16.7. The van der Waals surface area contributed by atoms with E-state index in [1.54, 1.807) is 0 Å². The molecule has 0 saturated carbocycles. The molecule has 3 atom stereocenters. The number of halogens is 2. The molecule has 1 N–H and O–H groups in total. The third-order valence-electron chi connectivity index (χ3n) is 8.19. The molecule has 0 aliphatic heterocycles. The number of benzene rings is 2. The van der Waals surface area contributed by atoms with Gasteiger partial charge in [-0.15, -0.1) is 22.7 Å². The molecule has 0 fully saturated rings. The number of fused-ring (bicyclic) bond motifs is 2. The second kappa shape index (κ2) is 19.9. The van der Waals surface area contributed by atoms with Crippen LogP contribution in [0.25, 0.3) is 20.2 Å². The Labute approximate surface area is 314 Å². The topological polar surface area (TPSA) is 67.3 Å². The third kappa shape index (κ3) is 11.1. The van der Waals surface area contributed by atoms with Gasteiger partial charge in [0.05, 0.1) is 0 Å². The molecule has 1 unspecified atom stereocenters. The van der Waals surface area contributed by atoms with Crippen LogP contribution in [-0.2, 0) is 17.6 Å². The zero-order chi connectivity index (χ0) is 36.0. The number of rotatable bonds is 11. The summed E-state index contributed by atoms with van der Waals surface area (Å²) in [4.78, 5) is 24.1. The van der Waals surface area contributed by atoms with E-state index >= 15 is 0 Å². The maximum atomic E-state index is 9.71. The molecule has 50 heavy (non-hydrogen) atoms. The van der Waals surface area contributed by atoms with E-state index in [2.05, 4.69) is 126 Å². The molecule has 4 aromatic heterocycles. The summed E-state index contributed by atoms with van der Waals surface area (Å²) in [7, 11) is 6.28. The van der Waals surface area contributed by atoms with Crippen molar-refractivity contribution in [2.75, 3.05) is 34.2 Å². The van der Waals surface area contributed by atoms with Crippen molar-refractivity contribution in [3.63, 3.8) is 0 Å². The highest BCUT2D eigenvalue weighted by atomic mass is 35.5. The SMILES string of the molecule is CC(Cl)OC(=O)Cl.CNCCc1sc2ccccc2c1[C@@H](C)c1ccccn1.C[C@@H](c1ccccn1)c1c(CCN(C)C)sc2ccccc12. The van der Waals surface area contributed by atoms with Crippen LogP contribution in [0.3, 0.4) is 0 Å². The van der Waals surface area contributed by atoms with Gasteiger partial charge in [-0.05, 0) is 106 Å². The van der Waals surface area contributed by atoms with Gasteiger partial charge in [0.25, 0.3) is 0 Å². The maximum Gasteiger partial charge on any atom is 0.405 e. The molecule has 4 heterocycles. The van der Waals surface area contributed by atoms with Crippen LogP contribution in [-0.4, -0.2) is 60.1 Å². The summed E-state index contributed by atoms with van der Waals surface area (Å²) in [6.07, 6.45) is 5.94. The predicted octanol–water partition coefficient (Wildman–Crippen LogP) is 10.7. The Kier molecular flexibility index (Phi) is 15.7. The van der Waals surface area contributed by atoms with Gasteiger partial charge in [0.2, 0.25) is 0 Å². The van der Waals surface area contributed by atoms with Gasteiger partial charge in [-0.3, -0.25) is 9.97 Å². The Morgan fingerprint density at radius 3 is 1.60 bits per heavy atom. The Balaban J connectivity index is 0.000000190. The number of thiophene rings is 2. The third-order valence-corrected chi connectivity index (χ3v) is 10.9. The number of aromatic nitrogens is 2. The second-order valence-corrected chi connectivity index (χ2v) is 15.3. The van der Waals surface area contributed by atoms with Crippen molar-refractivity contribution in [1.29, 1.82) is 0 Å². The smallest absolute Gasteiger partial charge is 0.405 e. The monoisotopic (exact) mass is 748 g/mol. The highest BCUT2D eigenvalue weighted by Crippen LogP contribution is 2.40. The summed E-state index contributed by atoms with van der Waals surface area (Å²) in [5, 5.41) is 6.03.